The van der Waals surface area contributed by atoms with Gasteiger partial charge in [0.25, 0.3) is 0 Å². The first kappa shape index (κ1) is 11.0. The molecule has 0 amide bonds. The number of hydrogen-bond donors (Lipinski definition) is 0. The Morgan fingerprint density at radius 3 is 2.62 bits per heavy atom. The van der Waals surface area contributed by atoms with Gasteiger partial charge in [0.15, 0.2) is 0 Å². The average molecular weight is 214 g/mol. The smallest absolute Gasteiger partial charge is 0.121 e. The second-order valence-electron chi connectivity index (χ2n) is 4.45. The molecule has 0 aliphatic heterocycles. The van der Waals surface area contributed by atoms with Crippen LogP contribution in [0, 0.1) is 6.92 Å². The molecule has 16 heavy (non-hydrogen) atoms. The highest BCUT2D eigenvalue weighted by Gasteiger charge is 2.11. The Labute approximate surface area is 97.4 Å². The SMILES string of the molecule is CC1=CCC(Oc2cccc(C)c2)C=C1C. The van der Waals surface area contributed by atoms with Crippen molar-refractivity contribution in [3.8, 4) is 5.75 Å². The van der Waals surface area contributed by atoms with Gasteiger partial charge in [-0.1, -0.05) is 23.8 Å². The van der Waals surface area contributed by atoms with Crippen LogP contribution in [0.3, 0.4) is 0 Å². The maximum absolute atomic E-state index is 5.93. The third-order valence-corrected chi connectivity index (χ3v) is 2.99. The quantitative estimate of drug-likeness (QED) is 0.722. The lowest BCUT2D eigenvalue weighted by molar-refractivity contribution is 0.250. The molecule has 0 heterocycles. The number of ether oxygens (including phenoxy) is 1. The maximum Gasteiger partial charge on any atom is 0.121 e. The summed E-state index contributed by atoms with van der Waals surface area (Å²) in [6, 6.07) is 8.21. The highest BCUT2D eigenvalue weighted by Crippen LogP contribution is 2.22. The predicted octanol–water partition coefficient (Wildman–Crippen LogP) is 4.04. The molecule has 1 heteroatoms. The average Bonchev–Trinajstić information content (AvgIpc) is 2.24. The van der Waals surface area contributed by atoms with Crippen molar-refractivity contribution >= 4 is 0 Å². The van der Waals surface area contributed by atoms with Crippen LogP contribution in [-0.2, 0) is 0 Å². The minimum Gasteiger partial charge on any atom is -0.486 e. The molecule has 0 N–H and O–H groups in total. The molecule has 2 rings (SSSR count). The zero-order chi connectivity index (χ0) is 11.5. The first-order chi connectivity index (χ1) is 7.65. The van der Waals surface area contributed by atoms with E-state index in [0.717, 1.165) is 12.2 Å². The van der Waals surface area contributed by atoms with E-state index in [2.05, 4.69) is 45.1 Å². The van der Waals surface area contributed by atoms with Crippen molar-refractivity contribution < 1.29 is 4.74 Å². The van der Waals surface area contributed by atoms with E-state index in [1.165, 1.54) is 16.7 Å². The van der Waals surface area contributed by atoms with Gasteiger partial charge in [-0.05, 0) is 50.1 Å². The van der Waals surface area contributed by atoms with Crippen molar-refractivity contribution in [1.82, 2.24) is 0 Å². The van der Waals surface area contributed by atoms with Crippen molar-refractivity contribution in [1.29, 1.82) is 0 Å². The van der Waals surface area contributed by atoms with Crippen LogP contribution in [0.1, 0.15) is 25.8 Å². The van der Waals surface area contributed by atoms with Crippen molar-refractivity contribution in [3.05, 3.63) is 53.1 Å². The lowest BCUT2D eigenvalue weighted by Crippen LogP contribution is -2.16. The summed E-state index contributed by atoms with van der Waals surface area (Å²) in [5.41, 5.74) is 3.92. The molecule has 0 radical (unpaired) electrons. The Kier molecular flexibility index (Phi) is 3.14. The van der Waals surface area contributed by atoms with Crippen LogP contribution >= 0.6 is 0 Å². The van der Waals surface area contributed by atoms with Gasteiger partial charge in [0.1, 0.15) is 11.9 Å². The van der Waals surface area contributed by atoms with Crippen LogP contribution in [-0.4, -0.2) is 6.10 Å². The van der Waals surface area contributed by atoms with Gasteiger partial charge in [0.05, 0.1) is 0 Å². The minimum atomic E-state index is 0.186. The summed E-state index contributed by atoms with van der Waals surface area (Å²) in [6.45, 7) is 6.37. The topological polar surface area (TPSA) is 9.23 Å². The number of rotatable bonds is 2. The third-order valence-electron chi connectivity index (χ3n) is 2.99. The molecule has 0 aromatic heterocycles. The summed E-state index contributed by atoms with van der Waals surface area (Å²) in [5.74, 6) is 0.960. The second kappa shape index (κ2) is 4.56. The van der Waals surface area contributed by atoms with E-state index >= 15 is 0 Å². The largest absolute Gasteiger partial charge is 0.486 e. The molecular formula is C15H18O. The second-order valence-corrected chi connectivity index (χ2v) is 4.45. The Morgan fingerprint density at radius 1 is 1.12 bits per heavy atom. The van der Waals surface area contributed by atoms with E-state index in [1.807, 2.05) is 12.1 Å². The Morgan fingerprint density at radius 2 is 1.94 bits per heavy atom. The minimum absolute atomic E-state index is 0.186. The number of benzene rings is 1. The summed E-state index contributed by atoms with van der Waals surface area (Å²) >= 11 is 0. The zero-order valence-electron chi connectivity index (χ0n) is 10.2. The number of aryl methyl sites for hydroxylation is 1. The molecule has 0 bridgehead atoms. The van der Waals surface area contributed by atoms with Gasteiger partial charge in [-0.25, -0.2) is 0 Å². The van der Waals surface area contributed by atoms with E-state index in [1.54, 1.807) is 0 Å². The molecule has 1 nitrogen and oxygen atoms in total. The molecule has 1 aromatic carbocycles. The standard InChI is InChI=1S/C15H18O/c1-11-5-4-6-14(9-11)16-15-8-7-12(2)13(3)10-15/h4-7,9-10,15H,8H2,1-3H3. The lowest BCUT2D eigenvalue weighted by atomic mass is 9.99. The Bertz CT molecular complexity index is 441. The zero-order valence-corrected chi connectivity index (χ0v) is 10.2. The van der Waals surface area contributed by atoms with Crippen molar-refractivity contribution in [2.75, 3.05) is 0 Å². The van der Waals surface area contributed by atoms with Crippen molar-refractivity contribution in [3.63, 3.8) is 0 Å². The van der Waals surface area contributed by atoms with Crippen LogP contribution in [0.2, 0.25) is 0 Å². The van der Waals surface area contributed by atoms with E-state index in [-0.39, 0.29) is 6.10 Å². The van der Waals surface area contributed by atoms with Crippen molar-refractivity contribution in [2.24, 2.45) is 0 Å². The van der Waals surface area contributed by atoms with Gasteiger partial charge < -0.3 is 4.74 Å². The normalized spacial score (nSPS) is 20.1. The molecule has 0 saturated heterocycles. The van der Waals surface area contributed by atoms with Crippen LogP contribution in [0.5, 0.6) is 5.75 Å². The fraction of sp³-hybridized carbons (Fsp3) is 0.333. The summed E-state index contributed by atoms with van der Waals surface area (Å²) < 4.78 is 5.93. The molecule has 1 atom stereocenters. The van der Waals surface area contributed by atoms with Gasteiger partial charge in [0.2, 0.25) is 0 Å². The van der Waals surface area contributed by atoms with Gasteiger partial charge in [-0.2, -0.15) is 0 Å². The highest BCUT2D eigenvalue weighted by molar-refractivity contribution is 5.33. The summed E-state index contributed by atoms with van der Waals surface area (Å²) in [7, 11) is 0. The monoisotopic (exact) mass is 214 g/mol. The lowest BCUT2D eigenvalue weighted by Gasteiger charge is -2.20. The van der Waals surface area contributed by atoms with E-state index < -0.39 is 0 Å². The Hall–Kier alpha value is -1.50. The Balaban J connectivity index is 2.07. The molecule has 1 aromatic rings. The fourth-order valence-electron chi connectivity index (χ4n) is 1.88. The van der Waals surface area contributed by atoms with Gasteiger partial charge in [0, 0.05) is 6.42 Å². The molecule has 1 aliphatic rings. The summed E-state index contributed by atoms with van der Waals surface area (Å²) in [5, 5.41) is 0. The molecule has 1 unspecified atom stereocenters. The van der Waals surface area contributed by atoms with Crippen LogP contribution < -0.4 is 4.74 Å². The van der Waals surface area contributed by atoms with E-state index in [9.17, 15) is 0 Å². The summed E-state index contributed by atoms with van der Waals surface area (Å²) in [4.78, 5) is 0. The van der Waals surface area contributed by atoms with Crippen molar-refractivity contribution in [2.45, 2.75) is 33.3 Å². The molecule has 0 fully saturated rings. The predicted molar refractivity (Wildman–Crippen MR) is 67.7 cm³/mol. The maximum atomic E-state index is 5.93. The van der Waals surface area contributed by atoms with Crippen LogP contribution in [0.4, 0.5) is 0 Å². The van der Waals surface area contributed by atoms with Crippen LogP contribution in [0.15, 0.2) is 47.6 Å². The van der Waals surface area contributed by atoms with Crippen LogP contribution in [0.25, 0.3) is 0 Å². The number of hydrogen-bond acceptors (Lipinski definition) is 1. The first-order valence-electron chi connectivity index (χ1n) is 5.74. The first-order valence-corrected chi connectivity index (χ1v) is 5.74. The van der Waals surface area contributed by atoms with E-state index in [0.29, 0.717) is 0 Å². The molecule has 1 aliphatic carbocycles. The number of allylic oxidation sites excluding steroid dienone is 2. The molecule has 0 saturated carbocycles. The van der Waals surface area contributed by atoms with Gasteiger partial charge in [-0.3, -0.25) is 0 Å². The molecule has 84 valence electrons. The van der Waals surface area contributed by atoms with Gasteiger partial charge in [-0.15, -0.1) is 0 Å². The fourth-order valence-corrected chi connectivity index (χ4v) is 1.88. The third kappa shape index (κ3) is 2.54. The highest BCUT2D eigenvalue weighted by atomic mass is 16.5. The molecule has 0 spiro atoms. The molecular weight excluding hydrogens is 196 g/mol. The van der Waals surface area contributed by atoms with Gasteiger partial charge >= 0.3 is 0 Å². The van der Waals surface area contributed by atoms with E-state index in [4.69, 9.17) is 4.74 Å². The summed E-state index contributed by atoms with van der Waals surface area (Å²) in [6.07, 6.45) is 5.61.